The Balaban J connectivity index is 2.30. The Kier molecular flexibility index (Phi) is 6.08. The quantitative estimate of drug-likeness (QED) is 0.863. The van der Waals surface area contributed by atoms with Gasteiger partial charge in [-0.2, -0.15) is 5.10 Å². The molecule has 1 aliphatic rings. The van der Waals surface area contributed by atoms with Crippen LogP contribution < -0.4 is 5.32 Å². The lowest BCUT2D eigenvalue weighted by molar-refractivity contribution is 0.00705. The number of nitrogens with one attached hydrogen (secondary N) is 1. The summed E-state index contributed by atoms with van der Waals surface area (Å²) < 4.78 is 7.91. The zero-order valence-electron chi connectivity index (χ0n) is 13.6. The van der Waals surface area contributed by atoms with Gasteiger partial charge in [0.05, 0.1) is 29.1 Å². The maximum absolute atomic E-state index is 6.42. The van der Waals surface area contributed by atoms with Gasteiger partial charge in [0, 0.05) is 13.2 Å². The maximum Gasteiger partial charge on any atom is 0.0835 e. The van der Waals surface area contributed by atoms with Crippen molar-refractivity contribution in [2.45, 2.75) is 64.1 Å². The Morgan fingerprint density at radius 1 is 1.33 bits per heavy atom. The molecule has 4 nitrogen and oxygen atoms in total. The van der Waals surface area contributed by atoms with Crippen molar-refractivity contribution >= 4 is 11.6 Å². The summed E-state index contributed by atoms with van der Waals surface area (Å²) >= 11 is 6.42. The monoisotopic (exact) mass is 313 g/mol. The molecule has 0 amide bonds. The lowest BCUT2D eigenvalue weighted by Crippen LogP contribution is -2.39. The number of ether oxygens (including phenoxy) is 1. The van der Waals surface area contributed by atoms with Gasteiger partial charge in [0.1, 0.15) is 0 Å². The van der Waals surface area contributed by atoms with Crippen LogP contribution in [0.2, 0.25) is 5.02 Å². The van der Waals surface area contributed by atoms with E-state index in [2.05, 4.69) is 24.3 Å². The average molecular weight is 314 g/mol. The van der Waals surface area contributed by atoms with E-state index in [4.69, 9.17) is 16.3 Å². The molecule has 1 heterocycles. The van der Waals surface area contributed by atoms with Gasteiger partial charge in [-0.25, -0.2) is 0 Å². The molecule has 0 bridgehead atoms. The van der Waals surface area contributed by atoms with Gasteiger partial charge in [0.25, 0.3) is 0 Å². The zero-order chi connectivity index (χ0) is 15.4. The zero-order valence-corrected chi connectivity index (χ0v) is 14.4. The third kappa shape index (κ3) is 3.61. The van der Waals surface area contributed by atoms with Crippen molar-refractivity contribution in [3.05, 3.63) is 16.9 Å². The molecule has 0 aliphatic heterocycles. The molecule has 0 saturated heterocycles. The van der Waals surface area contributed by atoms with Gasteiger partial charge in [-0.3, -0.25) is 4.68 Å². The van der Waals surface area contributed by atoms with Gasteiger partial charge >= 0.3 is 0 Å². The van der Waals surface area contributed by atoms with Crippen LogP contribution in [0.4, 0.5) is 0 Å². The minimum absolute atomic E-state index is 0.0792. The van der Waals surface area contributed by atoms with Gasteiger partial charge in [0.2, 0.25) is 0 Å². The molecule has 1 aromatic rings. The predicted octanol–water partition coefficient (Wildman–Crippen LogP) is 3.97. The summed E-state index contributed by atoms with van der Waals surface area (Å²) in [6, 6.07) is 0.364. The maximum atomic E-state index is 6.42. The van der Waals surface area contributed by atoms with Gasteiger partial charge in [0.15, 0.2) is 0 Å². The summed E-state index contributed by atoms with van der Waals surface area (Å²) in [5.74, 6) is 0.591. The third-order valence-corrected chi connectivity index (χ3v) is 4.89. The molecule has 5 heteroatoms. The third-order valence-electron chi connectivity index (χ3n) is 4.60. The highest BCUT2D eigenvalue weighted by atomic mass is 35.5. The fourth-order valence-electron chi connectivity index (χ4n) is 3.57. The van der Waals surface area contributed by atoms with Crippen molar-refractivity contribution in [2.75, 3.05) is 14.2 Å². The molecule has 0 radical (unpaired) electrons. The second-order valence-electron chi connectivity index (χ2n) is 6.28. The van der Waals surface area contributed by atoms with Crippen LogP contribution in [0.1, 0.15) is 63.7 Å². The number of aromatic nitrogens is 2. The molecular weight excluding hydrogens is 286 g/mol. The van der Waals surface area contributed by atoms with Crippen molar-refractivity contribution in [1.82, 2.24) is 15.1 Å². The first-order valence-electron chi connectivity index (χ1n) is 8.03. The van der Waals surface area contributed by atoms with E-state index in [-0.39, 0.29) is 18.2 Å². The average Bonchev–Trinajstić information content (AvgIpc) is 2.87. The highest BCUT2D eigenvalue weighted by molar-refractivity contribution is 6.31. The molecule has 21 heavy (non-hydrogen) atoms. The van der Waals surface area contributed by atoms with Gasteiger partial charge in [-0.1, -0.05) is 30.9 Å². The summed E-state index contributed by atoms with van der Waals surface area (Å²) in [5.41, 5.74) is 1.05. The van der Waals surface area contributed by atoms with E-state index in [1.54, 1.807) is 6.20 Å². The normalized spacial score (nSPS) is 19.9. The molecule has 0 aromatic carbocycles. The number of likely N-dealkylation sites (N-methyl/N-ethyl adjacent to an activating group) is 1. The Morgan fingerprint density at radius 2 is 2.00 bits per heavy atom. The van der Waals surface area contributed by atoms with E-state index in [9.17, 15) is 0 Å². The van der Waals surface area contributed by atoms with Crippen LogP contribution in [0, 0.1) is 5.92 Å². The molecular formula is C16H28ClN3O. The topological polar surface area (TPSA) is 39.1 Å². The highest BCUT2D eigenvalue weighted by Gasteiger charge is 2.34. The molecule has 1 aromatic heterocycles. The number of rotatable bonds is 6. The lowest BCUT2D eigenvalue weighted by atomic mass is 9.81. The van der Waals surface area contributed by atoms with Crippen LogP contribution in [-0.2, 0) is 4.74 Å². The van der Waals surface area contributed by atoms with Crippen LogP contribution in [0.5, 0.6) is 0 Å². The standard InChI is InChI=1S/C16H28ClN3O/c1-11(2)20-15(13(17)10-19-20)14(18-3)16(21-4)12-8-6-5-7-9-12/h10-12,14,16,18H,5-9H2,1-4H3. The summed E-state index contributed by atoms with van der Waals surface area (Å²) in [4.78, 5) is 0. The molecule has 120 valence electrons. The molecule has 2 unspecified atom stereocenters. The Labute approximate surface area is 133 Å². The number of halogens is 1. The Hall–Kier alpha value is -0.580. The van der Waals surface area contributed by atoms with Crippen LogP contribution in [-0.4, -0.2) is 30.0 Å². The molecule has 1 saturated carbocycles. The largest absolute Gasteiger partial charge is 0.379 e. The van der Waals surface area contributed by atoms with Crippen LogP contribution in [0.25, 0.3) is 0 Å². The predicted molar refractivity (Wildman–Crippen MR) is 86.8 cm³/mol. The minimum Gasteiger partial charge on any atom is -0.379 e. The Bertz CT molecular complexity index is 441. The lowest BCUT2D eigenvalue weighted by Gasteiger charge is -2.35. The number of hydrogen-bond donors (Lipinski definition) is 1. The summed E-state index contributed by atoms with van der Waals surface area (Å²) in [6.07, 6.45) is 8.32. The van der Waals surface area contributed by atoms with Crippen molar-refractivity contribution in [3.63, 3.8) is 0 Å². The van der Waals surface area contributed by atoms with Gasteiger partial charge < -0.3 is 10.1 Å². The second kappa shape index (κ2) is 7.61. The first kappa shape index (κ1) is 16.8. The smallest absolute Gasteiger partial charge is 0.0835 e. The van der Waals surface area contributed by atoms with Crippen molar-refractivity contribution in [1.29, 1.82) is 0 Å². The van der Waals surface area contributed by atoms with Crippen LogP contribution in [0.3, 0.4) is 0 Å². The Morgan fingerprint density at radius 3 is 2.52 bits per heavy atom. The number of methoxy groups -OCH3 is 1. The van der Waals surface area contributed by atoms with Crippen molar-refractivity contribution in [3.8, 4) is 0 Å². The molecule has 0 spiro atoms. The van der Waals surface area contributed by atoms with E-state index in [1.807, 2.05) is 18.8 Å². The molecule has 1 N–H and O–H groups in total. The van der Waals surface area contributed by atoms with Crippen LogP contribution >= 0.6 is 11.6 Å². The summed E-state index contributed by atoms with van der Waals surface area (Å²) in [7, 11) is 3.79. The van der Waals surface area contributed by atoms with Crippen LogP contribution in [0.15, 0.2) is 6.20 Å². The van der Waals surface area contributed by atoms with Gasteiger partial charge in [-0.15, -0.1) is 0 Å². The fourth-order valence-corrected chi connectivity index (χ4v) is 3.82. The summed E-state index contributed by atoms with van der Waals surface area (Å²) in [5, 5.41) is 8.58. The first-order chi connectivity index (χ1) is 10.1. The highest BCUT2D eigenvalue weighted by Crippen LogP contribution is 2.36. The number of nitrogens with zero attached hydrogens (tertiary/aromatic N) is 2. The molecule has 2 rings (SSSR count). The molecule has 2 atom stereocenters. The van der Waals surface area contributed by atoms with E-state index in [0.717, 1.165) is 10.7 Å². The van der Waals surface area contributed by atoms with E-state index < -0.39 is 0 Å². The van der Waals surface area contributed by atoms with Gasteiger partial charge in [-0.05, 0) is 39.7 Å². The van der Waals surface area contributed by atoms with E-state index >= 15 is 0 Å². The van der Waals surface area contributed by atoms with E-state index in [1.165, 1.54) is 32.1 Å². The first-order valence-corrected chi connectivity index (χ1v) is 8.40. The number of hydrogen-bond acceptors (Lipinski definition) is 3. The molecule has 1 fully saturated rings. The van der Waals surface area contributed by atoms with Crippen molar-refractivity contribution < 1.29 is 4.74 Å². The second-order valence-corrected chi connectivity index (χ2v) is 6.69. The van der Waals surface area contributed by atoms with Crippen molar-refractivity contribution in [2.24, 2.45) is 5.92 Å². The fraction of sp³-hybridized carbons (Fsp3) is 0.812. The minimum atomic E-state index is 0.0792. The summed E-state index contributed by atoms with van der Waals surface area (Å²) in [6.45, 7) is 4.25. The molecule has 1 aliphatic carbocycles. The SMILES string of the molecule is CNC(c1c(Cl)cnn1C(C)C)C(OC)C1CCCCC1. The van der Waals surface area contributed by atoms with E-state index in [0.29, 0.717) is 5.92 Å².